The topological polar surface area (TPSA) is 69.9 Å². The van der Waals surface area contributed by atoms with Crippen LogP contribution in [0.3, 0.4) is 0 Å². The molecule has 5 aliphatic rings. The number of aliphatic hydroxyl groups is 3. The van der Waals surface area contributed by atoms with Crippen LogP contribution in [0.15, 0.2) is 11.6 Å². The third-order valence-electron chi connectivity index (χ3n) is 12.8. The van der Waals surface area contributed by atoms with Crippen LogP contribution in [0, 0.1) is 45.3 Å². The van der Waals surface area contributed by atoms with Gasteiger partial charge < -0.3 is 20.1 Å². The number of hydrogen-bond acceptors (Lipinski definition) is 4. The van der Waals surface area contributed by atoms with Gasteiger partial charge in [0.1, 0.15) is 0 Å². The van der Waals surface area contributed by atoms with Gasteiger partial charge in [-0.15, -0.1) is 0 Å². The van der Waals surface area contributed by atoms with Crippen LogP contribution < -0.4 is 0 Å². The highest BCUT2D eigenvalue weighted by Gasteiger charge is 2.71. The minimum atomic E-state index is -0.869. The number of ether oxygens (including phenoxy) is 1. The maximum absolute atomic E-state index is 11.7. The summed E-state index contributed by atoms with van der Waals surface area (Å²) in [5.41, 5.74) is 0.296. The molecule has 1 saturated heterocycles. The molecule has 4 nitrogen and oxygen atoms in total. The summed E-state index contributed by atoms with van der Waals surface area (Å²) in [6.07, 6.45) is 8.36. The highest BCUT2D eigenvalue weighted by Crippen LogP contribution is 2.74. The highest BCUT2D eigenvalue weighted by molar-refractivity contribution is 5.34. The number of rotatable bonds is 2. The minimum absolute atomic E-state index is 0.00278. The van der Waals surface area contributed by atoms with Crippen molar-refractivity contribution < 1.29 is 20.1 Å². The maximum Gasteiger partial charge on any atom is 0.0865 e. The summed E-state index contributed by atoms with van der Waals surface area (Å²) in [5.74, 6) is 1.51. The Kier molecular flexibility index (Phi) is 5.67. The predicted octanol–water partition coefficient (Wildman–Crippen LogP) is 5.88. The number of aliphatic hydroxyl groups excluding tert-OH is 2. The molecule has 0 aromatic heterocycles. The molecular formula is C31H52O4. The molecule has 4 aliphatic carbocycles. The van der Waals surface area contributed by atoms with E-state index in [0.29, 0.717) is 17.8 Å². The first kappa shape index (κ1) is 26.2. The van der Waals surface area contributed by atoms with Gasteiger partial charge in [-0.25, -0.2) is 0 Å². The molecule has 11 atom stereocenters. The second kappa shape index (κ2) is 7.58. The average Bonchev–Trinajstić information content (AvgIpc) is 3.20. The molecule has 5 rings (SSSR count). The van der Waals surface area contributed by atoms with E-state index in [0.717, 1.165) is 44.9 Å². The van der Waals surface area contributed by atoms with Gasteiger partial charge in [0.25, 0.3) is 0 Å². The first-order valence-corrected chi connectivity index (χ1v) is 14.4. The Morgan fingerprint density at radius 3 is 2.20 bits per heavy atom. The van der Waals surface area contributed by atoms with Crippen molar-refractivity contribution in [1.29, 1.82) is 0 Å². The van der Waals surface area contributed by atoms with E-state index in [2.05, 4.69) is 54.5 Å². The summed E-state index contributed by atoms with van der Waals surface area (Å²) in [7, 11) is 0. The van der Waals surface area contributed by atoms with E-state index >= 15 is 0 Å². The molecule has 0 aromatic carbocycles. The van der Waals surface area contributed by atoms with Gasteiger partial charge in [-0.05, 0) is 105 Å². The molecule has 0 spiro atoms. The van der Waals surface area contributed by atoms with Crippen molar-refractivity contribution in [3.05, 3.63) is 11.6 Å². The molecule has 1 aliphatic heterocycles. The van der Waals surface area contributed by atoms with Crippen LogP contribution in [0.25, 0.3) is 0 Å². The second-order valence-corrected chi connectivity index (χ2v) is 15.6. The molecule has 4 fully saturated rings. The predicted molar refractivity (Wildman–Crippen MR) is 140 cm³/mol. The van der Waals surface area contributed by atoms with Crippen molar-refractivity contribution in [2.24, 2.45) is 45.3 Å². The van der Waals surface area contributed by atoms with Gasteiger partial charge in [-0.1, -0.05) is 53.2 Å². The SMILES string of the molecule is C[C@H]1CC2C(=CC[C@]3(C)[C@@H]([C@@]4(C)CC[C@@H](C(C)(C)O)O4)[C@@H](O)C[C@@]23C)[C@@]2(C)CC[C@H](O)C(C)(C)[C@@H]12. The fraction of sp³-hybridized carbons (Fsp3) is 0.935. The van der Waals surface area contributed by atoms with Gasteiger partial charge in [0.15, 0.2) is 0 Å². The van der Waals surface area contributed by atoms with Crippen LogP contribution in [0.4, 0.5) is 0 Å². The van der Waals surface area contributed by atoms with E-state index in [9.17, 15) is 15.3 Å². The molecule has 0 amide bonds. The standard InChI is InChI=1S/C31H52O4/c1-18-16-20-19(28(6)13-11-22(33)26(2,3)24(18)28)10-14-29(7)25(21(32)17-30(20,29)8)31(9)15-12-23(35-31)27(4,5)34/h10,18,20-25,32-34H,11-17H2,1-9H3/t18-,20?,21-,22-,23-,24+,25-,28+,29+,30-,31+/m0/s1. The monoisotopic (exact) mass is 488 g/mol. The van der Waals surface area contributed by atoms with Crippen LogP contribution in [0.5, 0.6) is 0 Å². The summed E-state index contributed by atoms with van der Waals surface area (Å²) >= 11 is 0. The molecule has 0 bridgehead atoms. The first-order valence-electron chi connectivity index (χ1n) is 14.4. The highest BCUT2D eigenvalue weighted by atomic mass is 16.5. The van der Waals surface area contributed by atoms with Crippen LogP contribution in [-0.2, 0) is 4.74 Å². The molecule has 3 N–H and O–H groups in total. The first-order chi connectivity index (χ1) is 15.9. The molecule has 200 valence electrons. The van der Waals surface area contributed by atoms with Crippen molar-refractivity contribution in [1.82, 2.24) is 0 Å². The van der Waals surface area contributed by atoms with Crippen molar-refractivity contribution in [3.8, 4) is 0 Å². The van der Waals surface area contributed by atoms with Gasteiger partial charge in [-0.2, -0.15) is 0 Å². The van der Waals surface area contributed by atoms with Gasteiger partial charge in [0.2, 0.25) is 0 Å². The quantitative estimate of drug-likeness (QED) is 0.425. The third-order valence-corrected chi connectivity index (χ3v) is 12.8. The average molecular weight is 489 g/mol. The van der Waals surface area contributed by atoms with Gasteiger partial charge in [0.05, 0.1) is 29.5 Å². The summed E-state index contributed by atoms with van der Waals surface area (Å²) < 4.78 is 6.67. The normalized spacial score (nSPS) is 55.7. The van der Waals surface area contributed by atoms with Crippen molar-refractivity contribution >= 4 is 0 Å². The van der Waals surface area contributed by atoms with E-state index in [1.807, 2.05) is 13.8 Å². The molecule has 3 saturated carbocycles. The molecule has 0 aromatic rings. The van der Waals surface area contributed by atoms with Gasteiger partial charge in [-0.3, -0.25) is 0 Å². The number of allylic oxidation sites excluding steroid dienone is 2. The summed E-state index contributed by atoms with van der Waals surface area (Å²) in [4.78, 5) is 0. The van der Waals surface area contributed by atoms with Crippen LogP contribution in [0.2, 0.25) is 0 Å². The van der Waals surface area contributed by atoms with Crippen molar-refractivity contribution in [2.45, 2.75) is 137 Å². The summed E-state index contributed by atoms with van der Waals surface area (Å²) in [6, 6.07) is 0. The van der Waals surface area contributed by atoms with Crippen molar-refractivity contribution in [3.63, 3.8) is 0 Å². The molecular weight excluding hydrogens is 436 g/mol. The maximum atomic E-state index is 11.7. The zero-order chi connectivity index (χ0) is 26.0. The molecule has 35 heavy (non-hydrogen) atoms. The lowest BCUT2D eigenvalue weighted by Gasteiger charge is -2.66. The van der Waals surface area contributed by atoms with Gasteiger partial charge in [0, 0.05) is 5.92 Å². The van der Waals surface area contributed by atoms with E-state index in [1.165, 1.54) is 0 Å². The summed E-state index contributed by atoms with van der Waals surface area (Å²) in [6.45, 7) is 20.3. The largest absolute Gasteiger partial charge is 0.393 e. The Balaban J connectivity index is 1.55. The Hall–Kier alpha value is -0.420. The second-order valence-electron chi connectivity index (χ2n) is 15.6. The zero-order valence-electron chi connectivity index (χ0n) is 23.8. The Labute approximate surface area is 213 Å². The van der Waals surface area contributed by atoms with Crippen LogP contribution in [0.1, 0.15) is 107 Å². The lowest BCUT2D eigenvalue weighted by atomic mass is 9.39. The van der Waals surface area contributed by atoms with E-state index < -0.39 is 17.3 Å². The molecule has 4 heteroatoms. The fourth-order valence-electron chi connectivity index (χ4n) is 11.1. The lowest BCUT2D eigenvalue weighted by molar-refractivity contribution is -0.177. The van der Waals surface area contributed by atoms with Gasteiger partial charge >= 0.3 is 0 Å². The van der Waals surface area contributed by atoms with E-state index in [1.54, 1.807) is 5.57 Å². The summed E-state index contributed by atoms with van der Waals surface area (Å²) in [5, 5.41) is 33.4. The van der Waals surface area contributed by atoms with E-state index in [4.69, 9.17) is 4.74 Å². The molecule has 1 unspecified atom stereocenters. The zero-order valence-corrected chi connectivity index (χ0v) is 23.8. The lowest BCUT2D eigenvalue weighted by Crippen LogP contribution is -2.60. The number of fused-ring (bicyclic) bond motifs is 5. The third kappa shape index (κ3) is 3.31. The van der Waals surface area contributed by atoms with Crippen molar-refractivity contribution in [2.75, 3.05) is 0 Å². The Morgan fingerprint density at radius 1 is 0.943 bits per heavy atom. The van der Waals surface area contributed by atoms with E-state index in [-0.39, 0.29) is 39.8 Å². The van der Waals surface area contributed by atoms with Crippen LogP contribution in [-0.4, -0.2) is 44.8 Å². The van der Waals surface area contributed by atoms with Crippen LogP contribution >= 0.6 is 0 Å². The Morgan fingerprint density at radius 2 is 1.60 bits per heavy atom. The molecule has 0 radical (unpaired) electrons. The Bertz CT molecular complexity index is 902. The molecule has 1 heterocycles. The minimum Gasteiger partial charge on any atom is -0.393 e. The fourth-order valence-corrected chi connectivity index (χ4v) is 11.1. The smallest absolute Gasteiger partial charge is 0.0865 e. The number of hydrogen-bond donors (Lipinski definition) is 3.